The molecule has 0 saturated heterocycles. The van der Waals surface area contributed by atoms with Gasteiger partial charge in [0.05, 0.1) is 18.0 Å². The van der Waals surface area contributed by atoms with E-state index >= 15 is 0 Å². The minimum atomic E-state index is -0.414. The molecule has 1 aromatic carbocycles. The van der Waals surface area contributed by atoms with Gasteiger partial charge in [-0.05, 0) is 6.42 Å². The highest BCUT2D eigenvalue weighted by molar-refractivity contribution is 5.80. The van der Waals surface area contributed by atoms with E-state index in [4.69, 9.17) is 0 Å². The fraction of sp³-hybridized carbons (Fsp3) is 0.316. The van der Waals surface area contributed by atoms with Gasteiger partial charge in [-0.15, -0.1) is 0 Å². The molecule has 0 amide bonds. The number of benzene rings is 1. The quantitative estimate of drug-likeness (QED) is 0.581. The van der Waals surface area contributed by atoms with Crippen LogP contribution in [0, 0.1) is 0 Å². The summed E-state index contributed by atoms with van der Waals surface area (Å²) < 4.78 is 6.23. The molecule has 0 saturated carbocycles. The van der Waals surface area contributed by atoms with Crippen molar-refractivity contribution in [1.29, 1.82) is 0 Å². The number of hydrogen-bond donors (Lipinski definition) is 1. The van der Waals surface area contributed by atoms with Crippen molar-refractivity contribution in [1.82, 2.24) is 23.1 Å². The Morgan fingerprint density at radius 1 is 1.07 bits per heavy atom. The zero-order valence-corrected chi connectivity index (χ0v) is 15.5. The van der Waals surface area contributed by atoms with Crippen molar-refractivity contribution >= 4 is 16.9 Å². The Bertz CT molecular complexity index is 1270. The first-order valence-electron chi connectivity index (χ1n) is 8.87. The van der Waals surface area contributed by atoms with Crippen molar-refractivity contribution in [2.45, 2.75) is 19.9 Å². The molecule has 3 aromatic heterocycles. The fourth-order valence-corrected chi connectivity index (χ4v) is 3.74. The van der Waals surface area contributed by atoms with Crippen molar-refractivity contribution in [3.8, 4) is 11.3 Å². The molecule has 0 unspecified atom stereocenters. The van der Waals surface area contributed by atoms with Crippen molar-refractivity contribution in [3.05, 3.63) is 56.9 Å². The summed E-state index contributed by atoms with van der Waals surface area (Å²) in [5, 5.41) is 9.63. The van der Waals surface area contributed by atoms with Crippen LogP contribution in [0.15, 0.2) is 39.9 Å². The summed E-state index contributed by atoms with van der Waals surface area (Å²) >= 11 is 0. The molecule has 3 heterocycles. The average Bonchev–Trinajstić information content (AvgIpc) is 3.21. The normalized spacial score (nSPS) is 11.7. The summed E-state index contributed by atoms with van der Waals surface area (Å²) in [5.41, 5.74) is 2.76. The molecule has 0 bridgehead atoms. The van der Waals surface area contributed by atoms with Crippen LogP contribution in [0.25, 0.3) is 28.2 Å². The Labute approximate surface area is 154 Å². The molecular formula is C19H21N5O3. The number of aromatic nitrogens is 5. The van der Waals surface area contributed by atoms with Crippen LogP contribution < -0.4 is 11.2 Å². The lowest BCUT2D eigenvalue weighted by Crippen LogP contribution is -2.37. The minimum absolute atomic E-state index is 0.0620. The van der Waals surface area contributed by atoms with E-state index in [1.807, 2.05) is 46.2 Å². The van der Waals surface area contributed by atoms with Gasteiger partial charge in [0.1, 0.15) is 0 Å². The molecule has 0 aliphatic rings. The van der Waals surface area contributed by atoms with E-state index in [0.29, 0.717) is 29.9 Å². The van der Waals surface area contributed by atoms with Gasteiger partial charge in [-0.1, -0.05) is 37.3 Å². The van der Waals surface area contributed by atoms with Crippen LogP contribution in [-0.4, -0.2) is 34.8 Å². The van der Waals surface area contributed by atoms with E-state index < -0.39 is 5.69 Å². The Morgan fingerprint density at radius 3 is 2.41 bits per heavy atom. The molecule has 140 valence electrons. The first kappa shape index (κ1) is 17.3. The third-order valence-electron chi connectivity index (χ3n) is 5.00. The highest BCUT2D eigenvalue weighted by atomic mass is 16.3. The van der Waals surface area contributed by atoms with Gasteiger partial charge in [0.25, 0.3) is 5.56 Å². The van der Waals surface area contributed by atoms with Crippen molar-refractivity contribution in [2.24, 2.45) is 14.1 Å². The van der Waals surface area contributed by atoms with E-state index in [1.165, 1.54) is 11.6 Å². The van der Waals surface area contributed by atoms with Crippen LogP contribution in [0.5, 0.6) is 0 Å². The monoisotopic (exact) mass is 367 g/mol. The Balaban J connectivity index is 2.26. The number of rotatable bonds is 4. The Hall–Kier alpha value is -3.13. The smallest absolute Gasteiger partial charge is 0.332 e. The summed E-state index contributed by atoms with van der Waals surface area (Å²) in [6, 6.07) is 9.85. The lowest BCUT2D eigenvalue weighted by atomic mass is 10.1. The maximum Gasteiger partial charge on any atom is 0.332 e. The highest BCUT2D eigenvalue weighted by Gasteiger charge is 2.24. The summed E-state index contributed by atoms with van der Waals surface area (Å²) in [7, 11) is 3.08. The maximum absolute atomic E-state index is 12.9. The Morgan fingerprint density at radius 2 is 1.78 bits per heavy atom. The van der Waals surface area contributed by atoms with Crippen LogP contribution >= 0.6 is 0 Å². The summed E-state index contributed by atoms with van der Waals surface area (Å²) in [6.45, 7) is 2.29. The fourth-order valence-electron chi connectivity index (χ4n) is 3.74. The van der Waals surface area contributed by atoms with E-state index in [9.17, 15) is 14.7 Å². The predicted molar refractivity (Wildman–Crippen MR) is 103 cm³/mol. The lowest BCUT2D eigenvalue weighted by Gasteiger charge is -2.10. The van der Waals surface area contributed by atoms with Gasteiger partial charge in [-0.25, -0.2) is 4.79 Å². The first-order valence-corrected chi connectivity index (χ1v) is 8.87. The lowest BCUT2D eigenvalue weighted by molar-refractivity contribution is 0.278. The number of aliphatic hydroxyl groups excluding tert-OH is 1. The number of fused-ring (bicyclic) bond motifs is 3. The molecule has 0 spiro atoms. The van der Waals surface area contributed by atoms with Crippen LogP contribution in [0.3, 0.4) is 0 Å². The molecule has 4 aromatic rings. The number of hydrogen-bond acceptors (Lipinski definition) is 4. The maximum atomic E-state index is 12.9. The van der Waals surface area contributed by atoms with Crippen LogP contribution in [0.1, 0.15) is 12.6 Å². The average molecular weight is 367 g/mol. The molecule has 0 fully saturated rings. The number of aliphatic hydroxyl groups is 1. The second-order valence-corrected chi connectivity index (χ2v) is 6.52. The molecule has 8 heteroatoms. The second kappa shape index (κ2) is 6.24. The summed E-state index contributed by atoms with van der Waals surface area (Å²) in [5.74, 6) is 0.549. The van der Waals surface area contributed by atoms with Gasteiger partial charge in [0.15, 0.2) is 11.2 Å². The van der Waals surface area contributed by atoms with Gasteiger partial charge in [0.2, 0.25) is 5.78 Å². The van der Waals surface area contributed by atoms with Crippen LogP contribution in [0.4, 0.5) is 0 Å². The third-order valence-corrected chi connectivity index (χ3v) is 5.00. The standard InChI is InChI=1S/C19H21N5O3/c1-4-13-14(12-8-6-5-7-9-12)23(10-11-25)18-20-16-15(24(13)18)17(26)22(3)19(27)21(16)2/h5-9,25H,4,10-11H2,1-3H3. The topological polar surface area (TPSA) is 86.5 Å². The predicted octanol–water partition coefficient (Wildman–Crippen LogP) is 0.908. The van der Waals surface area contributed by atoms with E-state index in [-0.39, 0.29) is 12.2 Å². The highest BCUT2D eigenvalue weighted by Crippen LogP contribution is 2.30. The molecule has 0 radical (unpaired) electrons. The van der Waals surface area contributed by atoms with Gasteiger partial charge in [-0.3, -0.25) is 18.3 Å². The molecule has 0 aliphatic carbocycles. The van der Waals surface area contributed by atoms with Gasteiger partial charge < -0.3 is 9.67 Å². The summed E-state index contributed by atoms with van der Waals surface area (Å²) in [4.78, 5) is 29.8. The van der Waals surface area contributed by atoms with Crippen molar-refractivity contribution < 1.29 is 5.11 Å². The number of aryl methyl sites for hydroxylation is 2. The molecule has 0 atom stereocenters. The van der Waals surface area contributed by atoms with Gasteiger partial charge in [-0.2, -0.15) is 4.98 Å². The van der Waals surface area contributed by atoms with Crippen LogP contribution in [-0.2, 0) is 27.1 Å². The van der Waals surface area contributed by atoms with Crippen LogP contribution in [0.2, 0.25) is 0 Å². The summed E-state index contributed by atoms with van der Waals surface area (Å²) in [6.07, 6.45) is 0.663. The van der Waals surface area contributed by atoms with Gasteiger partial charge >= 0.3 is 5.69 Å². The van der Waals surface area contributed by atoms with Crippen molar-refractivity contribution in [3.63, 3.8) is 0 Å². The van der Waals surface area contributed by atoms with E-state index in [2.05, 4.69) is 4.98 Å². The molecule has 27 heavy (non-hydrogen) atoms. The molecule has 8 nitrogen and oxygen atoms in total. The Kier molecular flexibility index (Phi) is 4.00. The molecule has 0 aliphatic heterocycles. The number of imidazole rings is 2. The number of nitrogens with zero attached hydrogens (tertiary/aromatic N) is 5. The zero-order chi connectivity index (χ0) is 19.3. The molecule has 1 N–H and O–H groups in total. The minimum Gasteiger partial charge on any atom is -0.395 e. The third kappa shape index (κ3) is 2.30. The van der Waals surface area contributed by atoms with E-state index in [0.717, 1.165) is 21.5 Å². The second-order valence-electron chi connectivity index (χ2n) is 6.52. The zero-order valence-electron chi connectivity index (χ0n) is 15.5. The molecule has 4 rings (SSSR count). The first-order chi connectivity index (χ1) is 13.0. The largest absolute Gasteiger partial charge is 0.395 e. The SMILES string of the molecule is CCc1c(-c2ccccc2)n(CCO)c2nc3c(c(=O)n(C)c(=O)n3C)n12. The van der Waals surface area contributed by atoms with E-state index in [1.54, 1.807) is 7.05 Å². The molecular weight excluding hydrogens is 346 g/mol. The van der Waals surface area contributed by atoms with Crippen molar-refractivity contribution in [2.75, 3.05) is 6.61 Å². The van der Waals surface area contributed by atoms with Gasteiger partial charge in [0, 0.05) is 26.2 Å².